The van der Waals surface area contributed by atoms with Crippen LogP contribution in [0.5, 0.6) is 0 Å². The second-order valence-corrected chi connectivity index (χ2v) is 7.54. The summed E-state index contributed by atoms with van der Waals surface area (Å²) in [6.45, 7) is 8.50. The molecule has 0 saturated carbocycles. The lowest BCUT2D eigenvalue weighted by atomic mass is 10.1. The molecule has 5 heteroatoms. The molecule has 2 aromatic heterocycles. The summed E-state index contributed by atoms with van der Waals surface area (Å²) in [4.78, 5) is 7.89. The van der Waals surface area contributed by atoms with Crippen LogP contribution in [-0.2, 0) is 6.42 Å². The molecule has 1 aromatic carbocycles. The van der Waals surface area contributed by atoms with E-state index < -0.39 is 0 Å². The van der Waals surface area contributed by atoms with Crippen molar-refractivity contribution in [3.63, 3.8) is 0 Å². The second-order valence-electron chi connectivity index (χ2n) is 6.38. The van der Waals surface area contributed by atoms with Crippen molar-refractivity contribution in [3.8, 4) is 0 Å². The fourth-order valence-corrected chi connectivity index (χ4v) is 4.27. The monoisotopic (exact) mass is 351 g/mol. The highest BCUT2D eigenvalue weighted by atomic mass is 32.1. The molecule has 1 aliphatic carbocycles. The summed E-state index contributed by atoms with van der Waals surface area (Å²) in [6.07, 6.45) is 6.42. The van der Waals surface area contributed by atoms with Crippen LogP contribution in [0.4, 0.5) is 5.69 Å². The Bertz CT molecular complexity index is 936. The Morgan fingerprint density at radius 2 is 1.92 bits per heavy atom. The van der Waals surface area contributed by atoms with Gasteiger partial charge in [0, 0.05) is 29.9 Å². The number of hydrogen-bond donors (Lipinski definition) is 0. The average Bonchev–Trinajstić information content (AvgIpc) is 3.20. The van der Waals surface area contributed by atoms with Gasteiger partial charge in [0.15, 0.2) is 5.69 Å². The van der Waals surface area contributed by atoms with Crippen molar-refractivity contribution in [3.05, 3.63) is 52.3 Å². The van der Waals surface area contributed by atoms with E-state index in [4.69, 9.17) is 0 Å². The summed E-state index contributed by atoms with van der Waals surface area (Å²) in [5.74, 6) is 0. The Hall–Kier alpha value is -2.27. The smallest absolute Gasteiger partial charge is 0.372 e. The Balaban J connectivity index is 1.71. The third kappa shape index (κ3) is 2.93. The SMILES string of the molecule is CCN(CC)c1ccc(/C=C2/CCc3cnc4sc(C)n[n+]4c32)cc1. The Morgan fingerprint density at radius 3 is 2.64 bits per heavy atom. The molecule has 3 aromatic rings. The number of hydrogen-bond acceptors (Lipinski definition) is 4. The molecule has 0 N–H and O–H groups in total. The number of allylic oxidation sites excluding steroid dienone is 1. The number of rotatable bonds is 4. The van der Waals surface area contributed by atoms with Gasteiger partial charge in [-0.05, 0) is 73.7 Å². The zero-order valence-electron chi connectivity index (χ0n) is 15.0. The minimum Gasteiger partial charge on any atom is -0.372 e. The highest BCUT2D eigenvalue weighted by molar-refractivity contribution is 7.16. The molecule has 0 unspecified atom stereocenters. The summed E-state index contributed by atoms with van der Waals surface area (Å²) in [5.41, 5.74) is 6.43. The Kier molecular flexibility index (Phi) is 4.25. The average molecular weight is 351 g/mol. The topological polar surface area (TPSA) is 33.1 Å². The van der Waals surface area contributed by atoms with Crippen LogP contribution in [0.25, 0.3) is 16.6 Å². The molecule has 0 fully saturated rings. The molecular weight excluding hydrogens is 328 g/mol. The van der Waals surface area contributed by atoms with Gasteiger partial charge in [0.25, 0.3) is 0 Å². The van der Waals surface area contributed by atoms with Gasteiger partial charge in [0.2, 0.25) is 0 Å². The van der Waals surface area contributed by atoms with Crippen LogP contribution in [0.2, 0.25) is 0 Å². The van der Waals surface area contributed by atoms with Crippen LogP contribution in [0.3, 0.4) is 0 Å². The normalized spacial score (nSPS) is 15.1. The third-order valence-electron chi connectivity index (χ3n) is 4.84. The van der Waals surface area contributed by atoms with Crippen molar-refractivity contribution in [1.29, 1.82) is 0 Å². The maximum Gasteiger partial charge on any atom is 0.410 e. The molecule has 25 heavy (non-hydrogen) atoms. The molecule has 4 rings (SSSR count). The molecule has 4 nitrogen and oxygen atoms in total. The van der Waals surface area contributed by atoms with E-state index >= 15 is 0 Å². The van der Waals surface area contributed by atoms with Gasteiger partial charge >= 0.3 is 4.96 Å². The maximum absolute atomic E-state index is 4.66. The lowest BCUT2D eigenvalue weighted by Gasteiger charge is -2.20. The van der Waals surface area contributed by atoms with Gasteiger partial charge in [0.05, 0.1) is 0 Å². The van der Waals surface area contributed by atoms with E-state index in [1.54, 1.807) is 11.3 Å². The first-order chi connectivity index (χ1) is 12.2. The Morgan fingerprint density at radius 1 is 1.16 bits per heavy atom. The molecule has 1 aliphatic rings. The molecule has 0 spiro atoms. The lowest BCUT2D eigenvalue weighted by molar-refractivity contribution is -0.581. The van der Waals surface area contributed by atoms with Crippen LogP contribution in [0, 0.1) is 6.92 Å². The van der Waals surface area contributed by atoms with E-state index in [-0.39, 0.29) is 0 Å². The second kappa shape index (κ2) is 6.56. The molecule has 128 valence electrons. The van der Waals surface area contributed by atoms with E-state index in [0.717, 1.165) is 35.9 Å². The maximum atomic E-state index is 4.66. The standard InChI is InChI=1S/C20H23N4S/c1-4-23(5-2)18-10-6-15(7-11-18)12-16-8-9-17-13-21-20-24(19(16)17)22-14(3)25-20/h6-7,10-13H,4-5,8-9H2,1-3H3/q+1. The van der Waals surface area contributed by atoms with Gasteiger partial charge in [-0.3, -0.25) is 0 Å². The van der Waals surface area contributed by atoms with E-state index in [0.29, 0.717) is 0 Å². The minimum atomic E-state index is 0.973. The van der Waals surface area contributed by atoms with Crippen LogP contribution < -0.4 is 9.42 Å². The van der Waals surface area contributed by atoms with Crippen LogP contribution in [-0.4, -0.2) is 23.2 Å². The summed E-state index contributed by atoms with van der Waals surface area (Å²) in [6, 6.07) is 8.87. The largest absolute Gasteiger partial charge is 0.410 e. The summed E-state index contributed by atoms with van der Waals surface area (Å²) in [5, 5.41) is 5.71. The quantitative estimate of drug-likeness (QED) is 0.668. The van der Waals surface area contributed by atoms with Crippen molar-refractivity contribution >= 4 is 33.6 Å². The van der Waals surface area contributed by atoms with Gasteiger partial charge in [0.1, 0.15) is 11.2 Å². The van der Waals surface area contributed by atoms with E-state index in [1.165, 1.54) is 28.1 Å². The highest BCUT2D eigenvalue weighted by Crippen LogP contribution is 2.31. The van der Waals surface area contributed by atoms with Crippen molar-refractivity contribution < 1.29 is 4.52 Å². The first kappa shape index (κ1) is 16.2. The number of benzene rings is 1. The fourth-order valence-electron chi connectivity index (χ4n) is 3.56. The highest BCUT2D eigenvalue weighted by Gasteiger charge is 2.27. The Labute approximate surface area is 152 Å². The molecule has 0 saturated heterocycles. The zero-order valence-corrected chi connectivity index (χ0v) is 15.8. The molecule has 0 bridgehead atoms. The fraction of sp³-hybridized carbons (Fsp3) is 0.350. The molecule has 0 amide bonds. The van der Waals surface area contributed by atoms with Gasteiger partial charge in [-0.25, -0.2) is 0 Å². The predicted octanol–water partition coefficient (Wildman–Crippen LogP) is 3.92. The molecule has 0 aliphatic heterocycles. The lowest BCUT2D eigenvalue weighted by Crippen LogP contribution is -2.29. The van der Waals surface area contributed by atoms with Crippen LogP contribution >= 0.6 is 11.3 Å². The number of aromatic nitrogens is 3. The molecule has 0 radical (unpaired) electrons. The van der Waals surface area contributed by atoms with Crippen molar-refractivity contribution in [2.75, 3.05) is 18.0 Å². The summed E-state index contributed by atoms with van der Waals surface area (Å²) >= 11 is 1.64. The first-order valence-corrected chi connectivity index (χ1v) is 9.74. The van der Waals surface area contributed by atoms with E-state index in [9.17, 15) is 0 Å². The van der Waals surface area contributed by atoms with E-state index in [2.05, 4.69) is 59.2 Å². The molecule has 0 atom stereocenters. The van der Waals surface area contributed by atoms with Crippen molar-refractivity contribution in [1.82, 2.24) is 10.1 Å². The number of fused-ring (bicyclic) bond motifs is 3. The number of aryl methyl sites for hydroxylation is 2. The van der Waals surface area contributed by atoms with Gasteiger partial charge in [-0.2, -0.15) is 0 Å². The van der Waals surface area contributed by atoms with Crippen molar-refractivity contribution in [2.24, 2.45) is 0 Å². The van der Waals surface area contributed by atoms with Crippen molar-refractivity contribution in [2.45, 2.75) is 33.6 Å². The molecular formula is C20H23N4S+. The van der Waals surface area contributed by atoms with Crippen LogP contribution in [0.15, 0.2) is 30.5 Å². The summed E-state index contributed by atoms with van der Waals surface area (Å²) < 4.78 is 2.03. The number of nitrogens with zero attached hydrogens (tertiary/aromatic N) is 4. The predicted molar refractivity (Wildman–Crippen MR) is 104 cm³/mol. The number of anilines is 1. The molecule has 2 heterocycles. The van der Waals surface area contributed by atoms with Crippen LogP contribution in [0.1, 0.15) is 42.1 Å². The minimum absolute atomic E-state index is 0.973. The summed E-state index contributed by atoms with van der Waals surface area (Å²) in [7, 11) is 0. The third-order valence-corrected chi connectivity index (χ3v) is 5.68. The van der Waals surface area contributed by atoms with Gasteiger partial charge < -0.3 is 4.90 Å². The first-order valence-electron chi connectivity index (χ1n) is 8.93. The zero-order chi connectivity index (χ0) is 17.4. The van der Waals surface area contributed by atoms with E-state index in [1.807, 2.05) is 17.6 Å². The van der Waals surface area contributed by atoms with Gasteiger partial charge in [-0.1, -0.05) is 21.7 Å². The van der Waals surface area contributed by atoms with Gasteiger partial charge in [-0.15, -0.1) is 0 Å².